The number of rotatable bonds is 7. The molecule has 0 aliphatic rings. The lowest BCUT2D eigenvalue weighted by Gasteiger charge is -2.19. The van der Waals surface area contributed by atoms with Gasteiger partial charge in [0.1, 0.15) is 5.75 Å². The fourth-order valence-electron chi connectivity index (χ4n) is 2.36. The molecule has 0 bridgehead atoms. The number of hydrogen-bond donors (Lipinski definition) is 1. The van der Waals surface area contributed by atoms with Crippen molar-refractivity contribution in [1.29, 1.82) is 0 Å². The van der Waals surface area contributed by atoms with E-state index in [4.69, 9.17) is 4.74 Å². The number of nitrogens with one attached hydrogen (secondary N) is 1. The molecule has 1 aromatic carbocycles. The zero-order valence-corrected chi connectivity index (χ0v) is 13.0. The van der Waals surface area contributed by atoms with Crippen LogP contribution in [0.4, 0.5) is 0 Å². The number of nitrogens with zero attached hydrogens (tertiary/aromatic N) is 1. The maximum absolute atomic E-state index is 5.70. The first-order chi connectivity index (χ1) is 10.2. The summed E-state index contributed by atoms with van der Waals surface area (Å²) >= 11 is 0. The summed E-state index contributed by atoms with van der Waals surface area (Å²) < 4.78 is 5.70. The third kappa shape index (κ3) is 4.87. The molecule has 0 aliphatic heterocycles. The van der Waals surface area contributed by atoms with Gasteiger partial charge in [-0.05, 0) is 56.1 Å². The Kier molecular flexibility index (Phi) is 5.76. The van der Waals surface area contributed by atoms with Crippen molar-refractivity contribution < 1.29 is 4.74 Å². The van der Waals surface area contributed by atoms with Crippen molar-refractivity contribution in [3.05, 3.63) is 59.9 Å². The number of pyridine rings is 1. The van der Waals surface area contributed by atoms with Crippen molar-refractivity contribution in [2.24, 2.45) is 0 Å². The molecule has 1 heterocycles. The summed E-state index contributed by atoms with van der Waals surface area (Å²) in [6.45, 7) is 7.15. The molecule has 3 heteroatoms. The number of likely N-dealkylation sites (N-methyl/N-ethyl adjacent to an activating group) is 1. The molecule has 0 fully saturated rings. The smallest absolute Gasteiger partial charge is 0.119 e. The molecule has 1 atom stereocenters. The standard InChI is InChI=1S/C18H24N2O/c1-4-20-18(12-15-6-5-11-19-13-15)16-7-9-17(10-8-16)21-14(2)3/h5-11,13-14,18,20H,4,12H2,1-3H3. The molecule has 112 valence electrons. The average Bonchev–Trinajstić information content (AvgIpc) is 2.48. The van der Waals surface area contributed by atoms with Crippen molar-refractivity contribution in [1.82, 2.24) is 10.3 Å². The Morgan fingerprint density at radius 1 is 1.14 bits per heavy atom. The van der Waals surface area contributed by atoms with E-state index in [2.05, 4.69) is 35.4 Å². The van der Waals surface area contributed by atoms with E-state index in [9.17, 15) is 0 Å². The summed E-state index contributed by atoms with van der Waals surface area (Å²) in [5.41, 5.74) is 2.52. The van der Waals surface area contributed by atoms with E-state index in [1.807, 2.05) is 44.4 Å². The van der Waals surface area contributed by atoms with E-state index < -0.39 is 0 Å². The predicted molar refractivity (Wildman–Crippen MR) is 86.6 cm³/mol. The highest BCUT2D eigenvalue weighted by molar-refractivity contribution is 5.30. The highest BCUT2D eigenvalue weighted by Gasteiger charge is 2.11. The van der Waals surface area contributed by atoms with Crippen LogP contribution in [0, 0.1) is 0 Å². The highest BCUT2D eigenvalue weighted by Crippen LogP contribution is 2.21. The van der Waals surface area contributed by atoms with Gasteiger partial charge in [0.2, 0.25) is 0 Å². The quantitative estimate of drug-likeness (QED) is 0.840. The topological polar surface area (TPSA) is 34.2 Å². The molecule has 0 amide bonds. The second-order valence-electron chi connectivity index (χ2n) is 5.41. The molecule has 2 aromatic rings. The van der Waals surface area contributed by atoms with Crippen LogP contribution in [0.5, 0.6) is 5.75 Å². The van der Waals surface area contributed by atoms with Crippen LogP contribution in [0.1, 0.15) is 37.9 Å². The van der Waals surface area contributed by atoms with Crippen LogP contribution in [0.3, 0.4) is 0 Å². The second-order valence-corrected chi connectivity index (χ2v) is 5.41. The summed E-state index contributed by atoms with van der Waals surface area (Å²) in [4.78, 5) is 4.19. The molecule has 1 unspecified atom stereocenters. The van der Waals surface area contributed by atoms with Gasteiger partial charge >= 0.3 is 0 Å². The normalized spacial score (nSPS) is 12.4. The molecule has 0 radical (unpaired) electrons. The number of ether oxygens (including phenoxy) is 1. The number of benzene rings is 1. The van der Waals surface area contributed by atoms with E-state index in [1.54, 1.807) is 0 Å². The molecule has 3 nitrogen and oxygen atoms in total. The third-order valence-corrected chi connectivity index (χ3v) is 3.27. The molecular weight excluding hydrogens is 260 g/mol. The maximum Gasteiger partial charge on any atom is 0.119 e. The average molecular weight is 284 g/mol. The van der Waals surface area contributed by atoms with Crippen LogP contribution < -0.4 is 10.1 Å². The third-order valence-electron chi connectivity index (χ3n) is 3.27. The van der Waals surface area contributed by atoms with E-state index in [-0.39, 0.29) is 6.10 Å². The first-order valence-corrected chi connectivity index (χ1v) is 7.58. The molecule has 2 rings (SSSR count). The molecule has 0 aliphatic carbocycles. The molecule has 21 heavy (non-hydrogen) atoms. The Morgan fingerprint density at radius 3 is 2.48 bits per heavy atom. The van der Waals surface area contributed by atoms with Gasteiger partial charge in [0.25, 0.3) is 0 Å². The van der Waals surface area contributed by atoms with Crippen LogP contribution in [-0.2, 0) is 6.42 Å². The Hall–Kier alpha value is -1.87. The van der Waals surface area contributed by atoms with Gasteiger partial charge in [-0.3, -0.25) is 4.98 Å². The minimum Gasteiger partial charge on any atom is -0.491 e. The Morgan fingerprint density at radius 2 is 1.90 bits per heavy atom. The van der Waals surface area contributed by atoms with Crippen LogP contribution in [-0.4, -0.2) is 17.6 Å². The van der Waals surface area contributed by atoms with E-state index in [1.165, 1.54) is 11.1 Å². The molecular formula is C18H24N2O. The Balaban J connectivity index is 2.10. The monoisotopic (exact) mass is 284 g/mol. The fourth-order valence-corrected chi connectivity index (χ4v) is 2.36. The van der Waals surface area contributed by atoms with Gasteiger partial charge in [-0.15, -0.1) is 0 Å². The van der Waals surface area contributed by atoms with Crippen molar-refractivity contribution in [2.75, 3.05) is 6.54 Å². The van der Waals surface area contributed by atoms with Gasteiger partial charge < -0.3 is 10.1 Å². The maximum atomic E-state index is 5.70. The lowest BCUT2D eigenvalue weighted by Crippen LogP contribution is -2.23. The van der Waals surface area contributed by atoms with Crippen LogP contribution in [0.15, 0.2) is 48.8 Å². The summed E-state index contributed by atoms with van der Waals surface area (Å²) in [6.07, 6.45) is 4.88. The van der Waals surface area contributed by atoms with Crippen LogP contribution in [0.25, 0.3) is 0 Å². The zero-order valence-electron chi connectivity index (χ0n) is 13.0. The Labute approximate surface area is 127 Å². The van der Waals surface area contributed by atoms with E-state index in [0.29, 0.717) is 6.04 Å². The lowest BCUT2D eigenvalue weighted by molar-refractivity contribution is 0.242. The fraction of sp³-hybridized carbons (Fsp3) is 0.389. The lowest BCUT2D eigenvalue weighted by atomic mass is 9.99. The van der Waals surface area contributed by atoms with Crippen LogP contribution >= 0.6 is 0 Å². The Bertz CT molecular complexity index is 523. The first-order valence-electron chi connectivity index (χ1n) is 7.58. The van der Waals surface area contributed by atoms with Gasteiger partial charge in [0.15, 0.2) is 0 Å². The number of aromatic nitrogens is 1. The van der Waals surface area contributed by atoms with Crippen LogP contribution in [0.2, 0.25) is 0 Å². The summed E-state index contributed by atoms with van der Waals surface area (Å²) in [7, 11) is 0. The van der Waals surface area contributed by atoms with Crippen molar-refractivity contribution in [3.8, 4) is 5.75 Å². The van der Waals surface area contributed by atoms with Gasteiger partial charge in [-0.25, -0.2) is 0 Å². The minimum atomic E-state index is 0.204. The van der Waals surface area contributed by atoms with Crippen molar-refractivity contribution in [3.63, 3.8) is 0 Å². The van der Waals surface area contributed by atoms with Crippen molar-refractivity contribution in [2.45, 2.75) is 39.3 Å². The highest BCUT2D eigenvalue weighted by atomic mass is 16.5. The van der Waals surface area contributed by atoms with Gasteiger partial charge in [-0.1, -0.05) is 25.1 Å². The largest absolute Gasteiger partial charge is 0.491 e. The SMILES string of the molecule is CCNC(Cc1cccnc1)c1ccc(OC(C)C)cc1. The van der Waals surface area contributed by atoms with Gasteiger partial charge in [0.05, 0.1) is 6.10 Å². The summed E-state index contributed by atoms with van der Waals surface area (Å²) in [5.74, 6) is 0.922. The van der Waals surface area contributed by atoms with E-state index in [0.717, 1.165) is 18.7 Å². The molecule has 1 aromatic heterocycles. The predicted octanol–water partition coefficient (Wildman–Crippen LogP) is 3.76. The van der Waals surface area contributed by atoms with Gasteiger partial charge in [0, 0.05) is 18.4 Å². The zero-order chi connectivity index (χ0) is 15.1. The molecule has 0 saturated carbocycles. The van der Waals surface area contributed by atoms with Crippen molar-refractivity contribution >= 4 is 0 Å². The summed E-state index contributed by atoms with van der Waals surface area (Å²) in [5, 5.41) is 3.54. The van der Waals surface area contributed by atoms with Gasteiger partial charge in [-0.2, -0.15) is 0 Å². The minimum absolute atomic E-state index is 0.204. The molecule has 0 spiro atoms. The second kappa shape index (κ2) is 7.79. The molecule has 1 N–H and O–H groups in total. The first kappa shape index (κ1) is 15.5. The summed E-state index contributed by atoms with van der Waals surface area (Å²) in [6, 6.07) is 12.8. The molecule has 0 saturated heterocycles. The van der Waals surface area contributed by atoms with E-state index >= 15 is 0 Å². The number of hydrogen-bond acceptors (Lipinski definition) is 3.